The molecule has 1 aromatic heterocycles. The molecule has 7 nitrogen and oxygen atoms in total. The zero-order chi connectivity index (χ0) is 14.4. The van der Waals surface area contributed by atoms with Crippen LogP contribution in [-0.2, 0) is 16.0 Å². The van der Waals surface area contributed by atoms with Gasteiger partial charge in [-0.05, 0) is 25.3 Å². The van der Waals surface area contributed by atoms with Crippen molar-refractivity contribution in [3.05, 3.63) is 17.5 Å². The monoisotopic (exact) mass is 279 g/mol. The second-order valence-electron chi connectivity index (χ2n) is 4.92. The van der Waals surface area contributed by atoms with Gasteiger partial charge >= 0.3 is 11.8 Å². The lowest BCUT2D eigenvalue weighted by molar-refractivity contribution is -0.146. The number of H-pyrrole nitrogens is 1. The average molecular weight is 279 g/mol. The van der Waals surface area contributed by atoms with E-state index in [1.807, 2.05) is 6.92 Å². The minimum Gasteiger partial charge on any atom is -0.348 e. The molecule has 0 aromatic carbocycles. The average Bonchev–Trinajstić information content (AvgIpc) is 2.89. The van der Waals surface area contributed by atoms with E-state index in [0.717, 1.165) is 37.2 Å². The number of aromatic amines is 1. The van der Waals surface area contributed by atoms with Crippen LogP contribution < -0.4 is 10.6 Å². The molecule has 2 rings (SSSR count). The van der Waals surface area contributed by atoms with Gasteiger partial charge in [0.15, 0.2) is 0 Å². The number of carbonyl (C=O) groups excluding carboxylic acids is 2. The van der Waals surface area contributed by atoms with E-state index in [-0.39, 0.29) is 0 Å². The SMILES string of the molecule is Cc1[nH]ncc1CCCNC(=O)C(=O)N1CCNCC1. The van der Waals surface area contributed by atoms with Crippen LogP contribution in [0.2, 0.25) is 0 Å². The number of piperazine rings is 1. The summed E-state index contributed by atoms with van der Waals surface area (Å²) in [4.78, 5) is 25.2. The largest absolute Gasteiger partial charge is 0.348 e. The van der Waals surface area contributed by atoms with Crippen molar-refractivity contribution < 1.29 is 9.59 Å². The number of rotatable bonds is 4. The molecule has 0 aliphatic carbocycles. The molecule has 0 radical (unpaired) electrons. The molecular formula is C13H21N5O2. The highest BCUT2D eigenvalue weighted by Crippen LogP contribution is 2.05. The van der Waals surface area contributed by atoms with Gasteiger partial charge in [-0.2, -0.15) is 5.10 Å². The number of hydrogen-bond donors (Lipinski definition) is 3. The lowest BCUT2D eigenvalue weighted by Crippen LogP contribution is -2.51. The van der Waals surface area contributed by atoms with E-state index in [1.165, 1.54) is 0 Å². The molecule has 0 unspecified atom stereocenters. The van der Waals surface area contributed by atoms with Gasteiger partial charge < -0.3 is 15.5 Å². The van der Waals surface area contributed by atoms with Gasteiger partial charge in [-0.3, -0.25) is 14.7 Å². The molecule has 1 saturated heterocycles. The van der Waals surface area contributed by atoms with E-state index < -0.39 is 11.8 Å². The van der Waals surface area contributed by atoms with E-state index in [1.54, 1.807) is 11.1 Å². The summed E-state index contributed by atoms with van der Waals surface area (Å²) in [6.07, 6.45) is 3.43. The first-order valence-electron chi connectivity index (χ1n) is 6.95. The van der Waals surface area contributed by atoms with Crippen molar-refractivity contribution >= 4 is 11.8 Å². The smallest absolute Gasteiger partial charge is 0.311 e. The Kier molecular flexibility index (Phi) is 5.11. The van der Waals surface area contributed by atoms with Crippen molar-refractivity contribution in [2.24, 2.45) is 0 Å². The van der Waals surface area contributed by atoms with Crippen molar-refractivity contribution in [3.63, 3.8) is 0 Å². The predicted molar refractivity (Wildman–Crippen MR) is 74.1 cm³/mol. The molecule has 3 N–H and O–H groups in total. The molecule has 0 atom stereocenters. The highest BCUT2D eigenvalue weighted by molar-refractivity contribution is 6.35. The summed E-state index contributed by atoms with van der Waals surface area (Å²) in [7, 11) is 0. The van der Waals surface area contributed by atoms with Gasteiger partial charge in [0.05, 0.1) is 6.20 Å². The van der Waals surface area contributed by atoms with Gasteiger partial charge in [0.25, 0.3) is 0 Å². The molecule has 0 bridgehead atoms. The van der Waals surface area contributed by atoms with Crippen LogP contribution >= 0.6 is 0 Å². The third kappa shape index (κ3) is 3.80. The Hall–Kier alpha value is -1.89. The maximum atomic E-state index is 11.8. The third-order valence-electron chi connectivity index (χ3n) is 3.44. The number of carbonyl (C=O) groups is 2. The Balaban J connectivity index is 1.67. The van der Waals surface area contributed by atoms with E-state index in [4.69, 9.17) is 0 Å². The van der Waals surface area contributed by atoms with E-state index >= 15 is 0 Å². The summed E-state index contributed by atoms with van der Waals surface area (Å²) in [6.45, 7) is 5.16. The van der Waals surface area contributed by atoms with Crippen molar-refractivity contribution in [2.45, 2.75) is 19.8 Å². The molecule has 2 heterocycles. The minimum atomic E-state index is -0.504. The second kappa shape index (κ2) is 7.04. The maximum absolute atomic E-state index is 11.8. The molecule has 1 aromatic rings. The summed E-state index contributed by atoms with van der Waals surface area (Å²) >= 11 is 0. The summed E-state index contributed by atoms with van der Waals surface area (Å²) in [5.41, 5.74) is 2.20. The first-order chi connectivity index (χ1) is 9.68. The molecule has 1 fully saturated rings. The lowest BCUT2D eigenvalue weighted by Gasteiger charge is -2.26. The van der Waals surface area contributed by atoms with Crippen molar-refractivity contribution in [1.82, 2.24) is 25.7 Å². The topological polar surface area (TPSA) is 90.1 Å². The van der Waals surface area contributed by atoms with Crippen LogP contribution in [0.1, 0.15) is 17.7 Å². The molecule has 110 valence electrons. The fourth-order valence-electron chi connectivity index (χ4n) is 2.20. The Morgan fingerprint density at radius 1 is 1.40 bits per heavy atom. The maximum Gasteiger partial charge on any atom is 0.311 e. The van der Waals surface area contributed by atoms with Gasteiger partial charge in [-0.15, -0.1) is 0 Å². The number of nitrogens with one attached hydrogen (secondary N) is 3. The number of hydrogen-bond acceptors (Lipinski definition) is 4. The van der Waals surface area contributed by atoms with Gasteiger partial charge in [0.1, 0.15) is 0 Å². The van der Waals surface area contributed by atoms with Gasteiger partial charge in [0, 0.05) is 38.4 Å². The van der Waals surface area contributed by atoms with Crippen molar-refractivity contribution in [3.8, 4) is 0 Å². The Morgan fingerprint density at radius 2 is 2.15 bits per heavy atom. The van der Waals surface area contributed by atoms with Crippen LogP contribution in [0, 0.1) is 6.92 Å². The highest BCUT2D eigenvalue weighted by Gasteiger charge is 2.22. The van der Waals surface area contributed by atoms with Gasteiger partial charge in [-0.1, -0.05) is 0 Å². The Labute approximate surface area is 118 Å². The normalized spacial score (nSPS) is 15.2. The second-order valence-corrected chi connectivity index (χ2v) is 4.92. The summed E-state index contributed by atoms with van der Waals surface area (Å²) < 4.78 is 0. The Bertz CT molecular complexity index is 465. The molecule has 1 aliphatic heterocycles. The summed E-state index contributed by atoms with van der Waals surface area (Å²) in [6, 6.07) is 0. The number of aromatic nitrogens is 2. The molecule has 0 spiro atoms. The predicted octanol–water partition coefficient (Wildman–Crippen LogP) is -0.801. The minimum absolute atomic E-state index is 0.425. The third-order valence-corrected chi connectivity index (χ3v) is 3.44. The molecule has 20 heavy (non-hydrogen) atoms. The molecule has 1 aliphatic rings. The van der Waals surface area contributed by atoms with E-state index in [9.17, 15) is 9.59 Å². The first-order valence-corrected chi connectivity index (χ1v) is 6.95. The van der Waals surface area contributed by atoms with Crippen LogP contribution in [0.5, 0.6) is 0 Å². The lowest BCUT2D eigenvalue weighted by atomic mass is 10.1. The van der Waals surface area contributed by atoms with Crippen LogP contribution in [0.25, 0.3) is 0 Å². The zero-order valence-corrected chi connectivity index (χ0v) is 11.7. The number of nitrogens with zero attached hydrogens (tertiary/aromatic N) is 2. The van der Waals surface area contributed by atoms with E-state index in [0.29, 0.717) is 19.6 Å². The standard InChI is InChI=1S/C13H21N5O2/c1-10-11(9-16-17-10)3-2-4-15-12(19)13(20)18-7-5-14-6-8-18/h9,14H,2-8H2,1H3,(H,15,19)(H,16,17). The molecule has 7 heteroatoms. The van der Waals surface area contributed by atoms with Crippen molar-refractivity contribution in [1.29, 1.82) is 0 Å². The van der Waals surface area contributed by atoms with Crippen LogP contribution in [0.15, 0.2) is 6.20 Å². The van der Waals surface area contributed by atoms with E-state index in [2.05, 4.69) is 20.8 Å². The first kappa shape index (κ1) is 14.5. The molecule has 0 saturated carbocycles. The van der Waals surface area contributed by atoms with Crippen LogP contribution in [0.3, 0.4) is 0 Å². The van der Waals surface area contributed by atoms with Crippen LogP contribution in [-0.4, -0.2) is 59.6 Å². The Morgan fingerprint density at radius 3 is 2.80 bits per heavy atom. The fraction of sp³-hybridized carbons (Fsp3) is 0.615. The van der Waals surface area contributed by atoms with Crippen molar-refractivity contribution in [2.75, 3.05) is 32.7 Å². The molecule has 2 amide bonds. The highest BCUT2D eigenvalue weighted by atomic mass is 16.2. The van der Waals surface area contributed by atoms with Gasteiger partial charge in [-0.25, -0.2) is 0 Å². The summed E-state index contributed by atoms with van der Waals surface area (Å²) in [5.74, 6) is -0.929. The number of aryl methyl sites for hydroxylation is 2. The van der Waals surface area contributed by atoms with Gasteiger partial charge in [0.2, 0.25) is 0 Å². The van der Waals surface area contributed by atoms with Crippen LogP contribution in [0.4, 0.5) is 0 Å². The zero-order valence-electron chi connectivity index (χ0n) is 11.7. The summed E-state index contributed by atoms with van der Waals surface area (Å²) in [5, 5.41) is 12.6. The quantitative estimate of drug-likeness (QED) is 0.497. The number of amides is 2. The molecular weight excluding hydrogens is 258 g/mol. The fourth-order valence-corrected chi connectivity index (χ4v) is 2.20.